The van der Waals surface area contributed by atoms with Crippen LogP contribution in [0.3, 0.4) is 0 Å². The van der Waals surface area contributed by atoms with Crippen molar-refractivity contribution in [3.63, 3.8) is 0 Å². The molecule has 0 bridgehead atoms. The Bertz CT molecular complexity index is 1840. The molecule has 2 aromatic carbocycles. The molecule has 1 aliphatic rings. The molecule has 1 aromatic heterocycles. The molecule has 1 heterocycles. The Morgan fingerprint density at radius 2 is 1.67 bits per heavy atom. The fraction of sp³-hybridized carbons (Fsp3) is 0.441. The zero-order valence-electron chi connectivity index (χ0n) is 28.1. The molecule has 0 aliphatic heterocycles. The Morgan fingerprint density at radius 3 is 2.29 bits per heavy atom. The number of fused-ring (bicyclic) bond motifs is 3. The Labute approximate surface area is 301 Å². The largest absolute Gasteiger partial charge is 0.573 e. The van der Waals surface area contributed by atoms with Crippen molar-refractivity contribution in [2.75, 3.05) is 0 Å². The number of hydrogen-bond acceptors (Lipinski definition) is 7. The predicted octanol–water partition coefficient (Wildman–Crippen LogP) is 5.71. The van der Waals surface area contributed by atoms with Crippen molar-refractivity contribution in [3.05, 3.63) is 63.3 Å². The van der Waals surface area contributed by atoms with E-state index in [4.69, 9.17) is 33.7 Å². The van der Waals surface area contributed by atoms with E-state index in [1.165, 1.54) is 0 Å². The number of aryl methyl sites for hydroxylation is 1. The molecule has 3 aromatic rings. The lowest BCUT2D eigenvalue weighted by Crippen LogP contribution is -2.67. The summed E-state index contributed by atoms with van der Waals surface area (Å²) in [4.78, 5) is 69.7. The molecule has 12 nitrogen and oxygen atoms in total. The maximum Gasteiger partial charge on any atom is 0.573 e. The molecule has 17 heteroatoms. The minimum atomic E-state index is -5.02. The monoisotopic (exact) mass is 755 g/mol. The lowest BCUT2D eigenvalue weighted by Gasteiger charge is -2.39. The fourth-order valence-electron chi connectivity index (χ4n) is 5.97. The number of ether oxygens (including phenoxy) is 2. The Kier molecular flexibility index (Phi) is 12.2. The number of amides is 4. The number of alkyl halides is 3. The summed E-state index contributed by atoms with van der Waals surface area (Å²) in [7, 11) is 0. The maximum absolute atomic E-state index is 14.3. The molecule has 0 saturated carbocycles. The summed E-state index contributed by atoms with van der Waals surface area (Å²) in [5, 5.41) is 9.25. The van der Waals surface area contributed by atoms with E-state index >= 15 is 0 Å². The van der Waals surface area contributed by atoms with Crippen molar-refractivity contribution < 1.29 is 46.6 Å². The van der Waals surface area contributed by atoms with Gasteiger partial charge in [-0.3, -0.25) is 14.4 Å². The number of H-pyrrole nitrogens is 1. The Morgan fingerprint density at radius 1 is 1.00 bits per heavy atom. The van der Waals surface area contributed by atoms with Gasteiger partial charge in [0.15, 0.2) is 0 Å². The molecular weight excluding hydrogens is 718 g/mol. The third kappa shape index (κ3) is 9.25. The van der Waals surface area contributed by atoms with Gasteiger partial charge in [0, 0.05) is 22.5 Å². The number of halogens is 5. The van der Waals surface area contributed by atoms with Crippen molar-refractivity contribution in [1.29, 1.82) is 0 Å². The number of hydrogen-bond donors (Lipinski definition) is 5. The van der Waals surface area contributed by atoms with Gasteiger partial charge in [0.1, 0.15) is 23.4 Å². The highest BCUT2D eigenvalue weighted by Gasteiger charge is 2.47. The van der Waals surface area contributed by atoms with Crippen molar-refractivity contribution in [2.45, 2.75) is 83.8 Å². The van der Waals surface area contributed by atoms with Crippen LogP contribution in [0.4, 0.5) is 18.0 Å². The first-order valence-electron chi connectivity index (χ1n) is 16.2. The second-order valence-corrected chi connectivity index (χ2v) is 13.5. The summed E-state index contributed by atoms with van der Waals surface area (Å²) in [6.07, 6.45) is -5.25. The van der Waals surface area contributed by atoms with Gasteiger partial charge in [-0.2, -0.15) is 0 Å². The number of primary amides is 1. The third-order valence-electron chi connectivity index (χ3n) is 9.16. The van der Waals surface area contributed by atoms with E-state index in [9.17, 15) is 37.1 Å². The average molecular weight is 757 g/mol. The SMILES string of the molecule is CCC(C)C(NC(=O)OC(=O)c1cccc(OC(F)(F)F)c1)C(=O)N[C@]1(C(=O)N[C@H](C(N)=O)[C@@H](C)CC)CCc2[nH]c3c(Cl)cc(Cl)cc3c2C1. The van der Waals surface area contributed by atoms with Gasteiger partial charge in [0.05, 0.1) is 16.1 Å². The van der Waals surface area contributed by atoms with Crippen molar-refractivity contribution in [3.8, 4) is 5.75 Å². The molecule has 51 heavy (non-hydrogen) atoms. The number of nitrogens with two attached hydrogens (primary N) is 1. The zero-order chi connectivity index (χ0) is 37.8. The fourth-order valence-corrected chi connectivity index (χ4v) is 6.51. The summed E-state index contributed by atoms with van der Waals surface area (Å²) in [5.41, 5.74) is 5.59. The lowest BCUT2D eigenvalue weighted by atomic mass is 9.78. The van der Waals surface area contributed by atoms with Gasteiger partial charge in [-0.05, 0) is 60.6 Å². The molecule has 0 radical (unpaired) electrons. The first-order valence-corrected chi connectivity index (χ1v) is 16.9. The minimum Gasteiger partial charge on any atom is -0.406 e. The average Bonchev–Trinajstić information content (AvgIpc) is 3.42. The molecule has 0 saturated heterocycles. The van der Waals surface area contributed by atoms with Gasteiger partial charge >= 0.3 is 18.4 Å². The molecule has 4 rings (SSSR count). The standard InChI is InChI=1S/C34H38Cl2F3N5O7/c1-5-16(3)25(28(40)45)42-31(48)33(11-10-24-22(15-33)21-13-19(35)14-23(36)27(21)41-24)44-29(46)26(17(4)6-2)43-32(49)50-30(47)18-8-7-9-20(12-18)51-34(37,38)39/h7-9,12-14,16-17,25-26,41H,5-6,10-11,15H2,1-4H3,(H2,40,45)(H,42,48)(H,43,49)(H,44,46)/t16-,17?,25-,26?,33+/m0/s1. The lowest BCUT2D eigenvalue weighted by molar-refractivity contribution is -0.274. The van der Waals surface area contributed by atoms with Crippen molar-refractivity contribution in [2.24, 2.45) is 17.6 Å². The van der Waals surface area contributed by atoms with E-state index in [1.807, 2.05) is 6.92 Å². The van der Waals surface area contributed by atoms with Crippen LogP contribution in [0.25, 0.3) is 10.9 Å². The number of nitrogens with one attached hydrogen (secondary N) is 4. The number of rotatable bonds is 12. The van der Waals surface area contributed by atoms with E-state index in [0.29, 0.717) is 39.4 Å². The summed E-state index contributed by atoms with van der Waals surface area (Å²) in [6.45, 7) is 6.97. The van der Waals surface area contributed by atoms with Crippen molar-refractivity contribution >= 4 is 63.9 Å². The van der Waals surface area contributed by atoms with Crippen LogP contribution in [-0.2, 0) is 32.0 Å². The molecule has 4 amide bonds. The summed E-state index contributed by atoms with van der Waals surface area (Å²) >= 11 is 12.8. The number of aromatic nitrogens is 1. The molecule has 1 aliphatic carbocycles. The van der Waals surface area contributed by atoms with E-state index in [-0.39, 0.29) is 25.2 Å². The molecule has 276 valence electrons. The van der Waals surface area contributed by atoms with Gasteiger partial charge in [-0.25, -0.2) is 9.59 Å². The zero-order valence-corrected chi connectivity index (χ0v) is 29.6. The van der Waals surface area contributed by atoms with Gasteiger partial charge in [-0.1, -0.05) is 69.8 Å². The minimum absolute atomic E-state index is 0.0605. The normalized spacial score (nSPS) is 18.1. The number of esters is 1. The molecule has 6 N–H and O–H groups in total. The Balaban J connectivity index is 1.64. The van der Waals surface area contributed by atoms with Gasteiger partial charge in [0.2, 0.25) is 17.7 Å². The first-order chi connectivity index (χ1) is 23.9. The van der Waals surface area contributed by atoms with Gasteiger partial charge in [0.25, 0.3) is 0 Å². The maximum atomic E-state index is 14.3. The first kappa shape index (κ1) is 39.3. The highest BCUT2D eigenvalue weighted by molar-refractivity contribution is 6.38. The third-order valence-corrected chi connectivity index (χ3v) is 9.68. The van der Waals surface area contributed by atoms with E-state index in [1.54, 1.807) is 32.9 Å². The van der Waals surface area contributed by atoms with Crippen LogP contribution in [0.1, 0.15) is 68.6 Å². The predicted molar refractivity (Wildman–Crippen MR) is 182 cm³/mol. The van der Waals surface area contributed by atoms with Gasteiger partial charge in [-0.15, -0.1) is 13.2 Å². The van der Waals surface area contributed by atoms with Crippen LogP contribution in [-0.4, -0.2) is 58.8 Å². The number of benzene rings is 2. The Hall–Kier alpha value is -4.50. The summed E-state index contributed by atoms with van der Waals surface area (Å²) in [6, 6.07) is 4.75. The molecule has 5 atom stereocenters. The van der Waals surface area contributed by atoms with Crippen LogP contribution in [0.5, 0.6) is 5.75 Å². The number of aromatic amines is 1. The second kappa shape index (κ2) is 15.8. The summed E-state index contributed by atoms with van der Waals surface area (Å²) < 4.78 is 46.6. The number of alkyl carbamates (subject to hydrolysis) is 1. The molecule has 0 fully saturated rings. The van der Waals surface area contributed by atoms with Gasteiger partial charge < -0.3 is 36.1 Å². The number of carbonyl (C=O) groups excluding carboxylic acids is 5. The smallest absolute Gasteiger partial charge is 0.406 e. The van der Waals surface area contributed by atoms with E-state index in [2.05, 4.69) is 25.7 Å². The van der Waals surface area contributed by atoms with Crippen LogP contribution >= 0.6 is 23.2 Å². The number of carbonyl (C=O) groups is 5. The van der Waals surface area contributed by atoms with Crippen LogP contribution in [0, 0.1) is 11.8 Å². The van der Waals surface area contributed by atoms with Crippen LogP contribution < -0.4 is 26.4 Å². The highest BCUT2D eigenvalue weighted by Crippen LogP contribution is 2.38. The molecule has 0 spiro atoms. The highest BCUT2D eigenvalue weighted by atomic mass is 35.5. The second-order valence-electron chi connectivity index (χ2n) is 12.6. The van der Waals surface area contributed by atoms with E-state index < -0.39 is 71.0 Å². The molecule has 2 unspecified atom stereocenters. The van der Waals surface area contributed by atoms with E-state index in [0.717, 1.165) is 30.0 Å². The van der Waals surface area contributed by atoms with Crippen LogP contribution in [0.15, 0.2) is 36.4 Å². The van der Waals surface area contributed by atoms with Crippen molar-refractivity contribution in [1.82, 2.24) is 20.9 Å². The van der Waals surface area contributed by atoms with Crippen LogP contribution in [0.2, 0.25) is 10.0 Å². The summed E-state index contributed by atoms with van der Waals surface area (Å²) in [5.74, 6) is -5.18. The molecular formula is C34H38Cl2F3N5O7. The topological polar surface area (TPSA) is 182 Å². The quantitative estimate of drug-likeness (QED) is 0.116.